The number of alkyl halides is 3. The molecule has 202 valence electrons. The second kappa shape index (κ2) is 12.7. The Morgan fingerprint density at radius 3 is 2.18 bits per heavy atom. The third-order valence-corrected chi connectivity index (χ3v) is 5.30. The predicted octanol–water partition coefficient (Wildman–Crippen LogP) is 5.88. The van der Waals surface area contributed by atoms with E-state index in [9.17, 15) is 22.8 Å². The van der Waals surface area contributed by atoms with Gasteiger partial charge in [-0.15, -0.1) is 0 Å². The van der Waals surface area contributed by atoms with Crippen molar-refractivity contribution in [2.45, 2.75) is 19.5 Å². The summed E-state index contributed by atoms with van der Waals surface area (Å²) in [4.78, 5) is 23.5. The summed E-state index contributed by atoms with van der Waals surface area (Å²) in [6, 6.07) is 17.4. The first kappa shape index (κ1) is 28.2. The van der Waals surface area contributed by atoms with E-state index in [4.69, 9.17) is 14.2 Å². The molecule has 0 radical (unpaired) electrons. The first-order valence-electron chi connectivity index (χ1n) is 11.5. The van der Waals surface area contributed by atoms with E-state index in [0.29, 0.717) is 28.5 Å². The van der Waals surface area contributed by atoms with Crippen LogP contribution in [0, 0.1) is 6.92 Å². The maximum atomic E-state index is 12.8. The molecule has 3 aromatic rings. The van der Waals surface area contributed by atoms with Gasteiger partial charge in [0.05, 0.1) is 27.4 Å². The number of ether oxygens (including phenoxy) is 4. The Morgan fingerprint density at radius 2 is 1.53 bits per heavy atom. The molecule has 8 nitrogen and oxygen atoms in total. The van der Waals surface area contributed by atoms with Gasteiger partial charge in [-0.3, -0.25) is 4.79 Å². The van der Waals surface area contributed by atoms with Gasteiger partial charge in [0.25, 0.3) is 5.91 Å². The Morgan fingerprint density at radius 1 is 0.842 bits per heavy atom. The van der Waals surface area contributed by atoms with Crippen molar-refractivity contribution in [2.24, 2.45) is 0 Å². The molecule has 38 heavy (non-hydrogen) atoms. The van der Waals surface area contributed by atoms with Crippen LogP contribution in [0.1, 0.15) is 22.3 Å². The SMILES string of the molecule is COc1ccc(C(=O)Nc2cc(Nc3ccc(OCCCOC(=O)C(F)(F)F)cc3)ccc2C)cc1OC. The lowest BCUT2D eigenvalue weighted by Gasteiger charge is -2.14. The summed E-state index contributed by atoms with van der Waals surface area (Å²) in [5.74, 6) is -1.04. The van der Waals surface area contributed by atoms with Gasteiger partial charge in [-0.2, -0.15) is 13.2 Å². The fourth-order valence-electron chi connectivity index (χ4n) is 3.30. The smallest absolute Gasteiger partial charge is 0.490 e. The van der Waals surface area contributed by atoms with Gasteiger partial charge in [0.15, 0.2) is 11.5 Å². The fraction of sp³-hybridized carbons (Fsp3) is 0.259. The number of rotatable bonds is 11. The first-order valence-corrected chi connectivity index (χ1v) is 11.5. The lowest BCUT2D eigenvalue weighted by atomic mass is 10.1. The van der Waals surface area contributed by atoms with Crippen LogP contribution < -0.4 is 24.8 Å². The van der Waals surface area contributed by atoms with Crippen molar-refractivity contribution in [1.82, 2.24) is 0 Å². The molecular weight excluding hydrogens is 505 g/mol. The van der Waals surface area contributed by atoms with Crippen LogP contribution in [0.3, 0.4) is 0 Å². The molecule has 0 spiro atoms. The lowest BCUT2D eigenvalue weighted by Crippen LogP contribution is -2.26. The fourth-order valence-corrected chi connectivity index (χ4v) is 3.30. The molecule has 11 heteroatoms. The van der Waals surface area contributed by atoms with Gasteiger partial charge in [-0.1, -0.05) is 6.07 Å². The quantitative estimate of drug-likeness (QED) is 0.235. The molecule has 0 atom stereocenters. The second-order valence-corrected chi connectivity index (χ2v) is 8.04. The van der Waals surface area contributed by atoms with Gasteiger partial charge >= 0.3 is 12.1 Å². The van der Waals surface area contributed by atoms with Crippen molar-refractivity contribution >= 4 is 28.9 Å². The molecule has 0 heterocycles. The number of aryl methyl sites for hydroxylation is 1. The van der Waals surface area contributed by atoms with E-state index in [2.05, 4.69) is 15.4 Å². The first-order chi connectivity index (χ1) is 18.1. The molecule has 0 unspecified atom stereocenters. The van der Waals surface area contributed by atoms with E-state index in [0.717, 1.165) is 16.9 Å². The summed E-state index contributed by atoms with van der Waals surface area (Å²) in [6.45, 7) is 1.57. The molecule has 0 aromatic heterocycles. The summed E-state index contributed by atoms with van der Waals surface area (Å²) >= 11 is 0. The maximum Gasteiger partial charge on any atom is 0.490 e. The standard InChI is InChI=1S/C27H27F3N2O6/c1-17-5-7-20(16-22(17)32-25(33)18-6-12-23(35-2)24(15-18)36-3)31-19-8-10-21(11-9-19)37-13-4-14-38-26(34)27(28,29)30/h5-12,15-16,31H,4,13-14H2,1-3H3,(H,32,33). The number of methoxy groups -OCH3 is 2. The molecule has 3 rings (SSSR count). The normalized spacial score (nSPS) is 10.9. The topological polar surface area (TPSA) is 95.1 Å². The molecule has 0 fully saturated rings. The molecule has 3 aromatic carbocycles. The van der Waals surface area contributed by atoms with Crippen LogP contribution in [0.4, 0.5) is 30.2 Å². The zero-order valence-electron chi connectivity index (χ0n) is 21.0. The molecule has 0 saturated heterocycles. The number of benzene rings is 3. The zero-order valence-corrected chi connectivity index (χ0v) is 21.0. The average Bonchev–Trinajstić information content (AvgIpc) is 2.90. The monoisotopic (exact) mass is 532 g/mol. The van der Waals surface area contributed by atoms with E-state index < -0.39 is 18.8 Å². The average molecular weight is 533 g/mol. The van der Waals surface area contributed by atoms with Gasteiger partial charge in [-0.05, 0) is 67.1 Å². The van der Waals surface area contributed by atoms with Crippen LogP contribution in [0.5, 0.6) is 17.2 Å². The Balaban J connectivity index is 1.55. The van der Waals surface area contributed by atoms with E-state index in [-0.39, 0.29) is 18.9 Å². The summed E-state index contributed by atoms with van der Waals surface area (Å²) in [6.07, 6.45) is -4.89. The maximum absolute atomic E-state index is 12.8. The van der Waals surface area contributed by atoms with Crippen molar-refractivity contribution in [3.05, 3.63) is 71.8 Å². The summed E-state index contributed by atoms with van der Waals surface area (Å²) in [5.41, 5.74) is 3.39. The van der Waals surface area contributed by atoms with Gasteiger partial charge in [0.1, 0.15) is 5.75 Å². The van der Waals surface area contributed by atoms with Crippen molar-refractivity contribution < 1.29 is 41.7 Å². The van der Waals surface area contributed by atoms with E-state index in [1.165, 1.54) is 14.2 Å². The highest BCUT2D eigenvalue weighted by Gasteiger charge is 2.40. The molecule has 0 aliphatic carbocycles. The minimum Gasteiger partial charge on any atom is -0.493 e. The van der Waals surface area contributed by atoms with Crippen molar-refractivity contribution in [3.8, 4) is 17.2 Å². The third-order valence-electron chi connectivity index (χ3n) is 5.30. The molecule has 0 aliphatic rings. The highest BCUT2D eigenvalue weighted by Crippen LogP contribution is 2.29. The number of hydrogen-bond donors (Lipinski definition) is 2. The minimum absolute atomic E-state index is 0.0823. The summed E-state index contributed by atoms with van der Waals surface area (Å²) < 4.78 is 56.4. The number of esters is 1. The number of hydrogen-bond acceptors (Lipinski definition) is 7. The number of carbonyl (C=O) groups excluding carboxylic acids is 2. The Kier molecular flexibility index (Phi) is 9.42. The number of nitrogens with one attached hydrogen (secondary N) is 2. The van der Waals surface area contributed by atoms with Crippen molar-refractivity contribution in [3.63, 3.8) is 0 Å². The molecule has 2 N–H and O–H groups in total. The van der Waals surface area contributed by atoms with Crippen LogP contribution >= 0.6 is 0 Å². The second-order valence-electron chi connectivity index (χ2n) is 8.04. The van der Waals surface area contributed by atoms with Crippen LogP contribution in [0.25, 0.3) is 0 Å². The third kappa shape index (κ3) is 7.79. The molecule has 0 aliphatic heterocycles. The van der Waals surface area contributed by atoms with Gasteiger partial charge < -0.3 is 29.6 Å². The molecule has 0 bridgehead atoms. The van der Waals surface area contributed by atoms with E-state index in [1.54, 1.807) is 48.5 Å². The van der Waals surface area contributed by atoms with E-state index in [1.807, 2.05) is 19.1 Å². The molecular formula is C27H27F3N2O6. The molecule has 0 saturated carbocycles. The highest BCUT2D eigenvalue weighted by atomic mass is 19.4. The lowest BCUT2D eigenvalue weighted by molar-refractivity contribution is -0.199. The summed E-state index contributed by atoms with van der Waals surface area (Å²) in [5, 5.41) is 6.15. The van der Waals surface area contributed by atoms with Crippen LogP contribution in [-0.4, -0.2) is 45.5 Å². The predicted molar refractivity (Wildman–Crippen MR) is 136 cm³/mol. The summed E-state index contributed by atoms with van der Waals surface area (Å²) in [7, 11) is 3.02. The van der Waals surface area contributed by atoms with Crippen molar-refractivity contribution in [1.29, 1.82) is 0 Å². The van der Waals surface area contributed by atoms with E-state index >= 15 is 0 Å². The number of halogens is 3. The van der Waals surface area contributed by atoms with Crippen LogP contribution in [0.2, 0.25) is 0 Å². The largest absolute Gasteiger partial charge is 0.493 e. The van der Waals surface area contributed by atoms with Crippen LogP contribution in [0.15, 0.2) is 60.7 Å². The van der Waals surface area contributed by atoms with Crippen LogP contribution in [-0.2, 0) is 9.53 Å². The number of amides is 1. The van der Waals surface area contributed by atoms with Gasteiger partial charge in [0, 0.05) is 29.0 Å². The minimum atomic E-state index is -5.00. The Hall–Kier alpha value is -4.41. The van der Waals surface area contributed by atoms with Crippen molar-refractivity contribution in [2.75, 3.05) is 38.1 Å². The molecule has 1 amide bonds. The Bertz CT molecular complexity index is 1260. The Labute approximate surface area is 217 Å². The zero-order chi connectivity index (χ0) is 27.7. The van der Waals surface area contributed by atoms with Gasteiger partial charge in [-0.25, -0.2) is 4.79 Å². The van der Waals surface area contributed by atoms with Gasteiger partial charge in [0.2, 0.25) is 0 Å². The highest BCUT2D eigenvalue weighted by molar-refractivity contribution is 6.05. The number of carbonyl (C=O) groups is 2. The number of anilines is 3.